The standard InChI is InChI=1S/C11H13F2N3/c1-2-5-16(8-10(12)13)11-4-3-9(6-14)7-15-11/h3-4,7,10H,2,5,8H2,1H3. The van der Waals surface area contributed by atoms with E-state index in [9.17, 15) is 8.78 Å². The van der Waals surface area contributed by atoms with Gasteiger partial charge in [0.25, 0.3) is 6.43 Å². The van der Waals surface area contributed by atoms with Crippen LogP contribution in [-0.4, -0.2) is 24.5 Å². The van der Waals surface area contributed by atoms with Crippen molar-refractivity contribution in [3.63, 3.8) is 0 Å². The van der Waals surface area contributed by atoms with E-state index in [1.807, 2.05) is 13.0 Å². The molecule has 0 radical (unpaired) electrons. The van der Waals surface area contributed by atoms with Crippen molar-refractivity contribution in [1.82, 2.24) is 4.98 Å². The van der Waals surface area contributed by atoms with Crippen LogP contribution in [0.3, 0.4) is 0 Å². The van der Waals surface area contributed by atoms with Crippen LogP contribution in [0.2, 0.25) is 0 Å². The molecule has 0 spiro atoms. The van der Waals surface area contributed by atoms with Crippen LogP contribution in [0.4, 0.5) is 14.6 Å². The zero-order valence-electron chi connectivity index (χ0n) is 9.03. The zero-order valence-corrected chi connectivity index (χ0v) is 9.03. The first kappa shape index (κ1) is 12.4. The molecule has 0 aliphatic heterocycles. The Labute approximate surface area is 93.3 Å². The molecule has 0 unspecified atom stereocenters. The molecule has 0 amide bonds. The fraction of sp³-hybridized carbons (Fsp3) is 0.455. The van der Waals surface area contributed by atoms with Gasteiger partial charge in [-0.15, -0.1) is 0 Å². The maximum Gasteiger partial charge on any atom is 0.255 e. The van der Waals surface area contributed by atoms with Gasteiger partial charge in [0.15, 0.2) is 0 Å². The number of rotatable bonds is 5. The molecule has 1 aromatic heterocycles. The Morgan fingerprint density at radius 1 is 1.50 bits per heavy atom. The number of alkyl halides is 2. The Morgan fingerprint density at radius 2 is 2.25 bits per heavy atom. The lowest BCUT2D eigenvalue weighted by Crippen LogP contribution is -2.30. The topological polar surface area (TPSA) is 39.9 Å². The highest BCUT2D eigenvalue weighted by Gasteiger charge is 2.12. The summed E-state index contributed by atoms with van der Waals surface area (Å²) < 4.78 is 24.6. The lowest BCUT2D eigenvalue weighted by molar-refractivity contribution is 0.154. The maximum absolute atomic E-state index is 12.3. The van der Waals surface area contributed by atoms with E-state index in [1.54, 1.807) is 12.1 Å². The van der Waals surface area contributed by atoms with Crippen LogP contribution in [0.1, 0.15) is 18.9 Å². The quantitative estimate of drug-likeness (QED) is 0.772. The minimum atomic E-state index is -2.39. The van der Waals surface area contributed by atoms with E-state index in [2.05, 4.69) is 4.98 Å². The van der Waals surface area contributed by atoms with Crippen molar-refractivity contribution in [2.45, 2.75) is 19.8 Å². The average molecular weight is 225 g/mol. The fourth-order valence-electron chi connectivity index (χ4n) is 1.38. The molecule has 0 bridgehead atoms. The summed E-state index contributed by atoms with van der Waals surface area (Å²) in [6, 6.07) is 5.11. The van der Waals surface area contributed by atoms with Crippen LogP contribution in [0.25, 0.3) is 0 Å². The number of pyridine rings is 1. The summed E-state index contributed by atoms with van der Waals surface area (Å²) in [4.78, 5) is 5.51. The Morgan fingerprint density at radius 3 is 2.69 bits per heavy atom. The van der Waals surface area contributed by atoms with E-state index in [0.717, 1.165) is 6.42 Å². The van der Waals surface area contributed by atoms with Crippen molar-refractivity contribution in [3.8, 4) is 6.07 Å². The van der Waals surface area contributed by atoms with Gasteiger partial charge in [-0.2, -0.15) is 5.26 Å². The predicted octanol–water partition coefficient (Wildman–Crippen LogP) is 2.43. The summed E-state index contributed by atoms with van der Waals surface area (Å²) >= 11 is 0. The summed E-state index contributed by atoms with van der Waals surface area (Å²) in [5.41, 5.74) is 0.428. The van der Waals surface area contributed by atoms with Crippen LogP contribution >= 0.6 is 0 Å². The Balaban J connectivity index is 2.80. The molecule has 3 nitrogen and oxygen atoms in total. The number of halogens is 2. The molecule has 0 fully saturated rings. The van der Waals surface area contributed by atoms with Crippen LogP contribution < -0.4 is 4.90 Å². The number of aromatic nitrogens is 1. The first-order valence-electron chi connectivity index (χ1n) is 5.06. The first-order valence-corrected chi connectivity index (χ1v) is 5.06. The molecule has 1 aromatic rings. The van der Waals surface area contributed by atoms with E-state index >= 15 is 0 Å². The fourth-order valence-corrected chi connectivity index (χ4v) is 1.38. The zero-order chi connectivity index (χ0) is 12.0. The van der Waals surface area contributed by atoms with Crippen LogP contribution in [0.5, 0.6) is 0 Å². The smallest absolute Gasteiger partial charge is 0.255 e. The van der Waals surface area contributed by atoms with Crippen molar-refractivity contribution in [2.75, 3.05) is 18.0 Å². The van der Waals surface area contributed by atoms with Gasteiger partial charge in [-0.1, -0.05) is 6.92 Å². The Kier molecular flexibility index (Phi) is 4.65. The summed E-state index contributed by atoms with van der Waals surface area (Å²) in [5, 5.41) is 8.59. The monoisotopic (exact) mass is 225 g/mol. The minimum Gasteiger partial charge on any atom is -0.351 e. The molecule has 1 rings (SSSR count). The molecule has 0 saturated heterocycles. The largest absolute Gasteiger partial charge is 0.351 e. The van der Waals surface area contributed by atoms with Crippen molar-refractivity contribution >= 4 is 5.82 Å². The highest BCUT2D eigenvalue weighted by Crippen LogP contribution is 2.13. The van der Waals surface area contributed by atoms with E-state index in [4.69, 9.17) is 5.26 Å². The van der Waals surface area contributed by atoms with Crippen molar-refractivity contribution < 1.29 is 8.78 Å². The molecule has 16 heavy (non-hydrogen) atoms. The molecular weight excluding hydrogens is 212 g/mol. The first-order chi connectivity index (χ1) is 7.67. The SMILES string of the molecule is CCCN(CC(F)F)c1ccc(C#N)cn1. The number of hydrogen-bond acceptors (Lipinski definition) is 3. The van der Waals surface area contributed by atoms with Gasteiger partial charge in [0.1, 0.15) is 11.9 Å². The molecule has 0 aliphatic carbocycles. The third-order valence-corrected chi connectivity index (χ3v) is 2.05. The lowest BCUT2D eigenvalue weighted by atomic mass is 10.3. The van der Waals surface area contributed by atoms with Crippen LogP contribution in [0.15, 0.2) is 18.3 Å². The Hall–Kier alpha value is -1.70. The number of hydrogen-bond donors (Lipinski definition) is 0. The van der Waals surface area contributed by atoms with Crippen molar-refractivity contribution in [1.29, 1.82) is 5.26 Å². The van der Waals surface area contributed by atoms with Gasteiger partial charge in [-0.3, -0.25) is 0 Å². The second-order valence-corrected chi connectivity index (χ2v) is 3.35. The normalized spacial score (nSPS) is 10.2. The molecule has 0 aromatic carbocycles. The highest BCUT2D eigenvalue weighted by molar-refractivity contribution is 5.41. The van der Waals surface area contributed by atoms with E-state index < -0.39 is 6.43 Å². The summed E-state index contributed by atoms with van der Waals surface area (Å²) in [6.45, 7) is 2.12. The number of nitrogens with zero attached hydrogens (tertiary/aromatic N) is 3. The van der Waals surface area contributed by atoms with E-state index in [0.29, 0.717) is 17.9 Å². The van der Waals surface area contributed by atoms with Gasteiger partial charge in [-0.25, -0.2) is 13.8 Å². The van der Waals surface area contributed by atoms with Crippen molar-refractivity contribution in [3.05, 3.63) is 23.9 Å². The minimum absolute atomic E-state index is 0.327. The third-order valence-electron chi connectivity index (χ3n) is 2.05. The molecule has 86 valence electrons. The highest BCUT2D eigenvalue weighted by atomic mass is 19.3. The number of anilines is 1. The average Bonchev–Trinajstić information content (AvgIpc) is 2.28. The molecule has 1 heterocycles. The molecule has 5 heteroatoms. The second kappa shape index (κ2) is 6.01. The van der Waals surface area contributed by atoms with Gasteiger partial charge < -0.3 is 4.90 Å². The summed E-state index contributed by atoms with van der Waals surface area (Å²) in [7, 11) is 0. The summed E-state index contributed by atoms with van der Waals surface area (Å²) in [5.74, 6) is 0.487. The maximum atomic E-state index is 12.3. The van der Waals surface area contributed by atoms with Crippen LogP contribution in [0, 0.1) is 11.3 Å². The third kappa shape index (κ3) is 3.46. The van der Waals surface area contributed by atoms with Gasteiger partial charge in [0.2, 0.25) is 0 Å². The second-order valence-electron chi connectivity index (χ2n) is 3.35. The van der Waals surface area contributed by atoms with Gasteiger partial charge >= 0.3 is 0 Å². The van der Waals surface area contributed by atoms with E-state index in [-0.39, 0.29) is 6.54 Å². The molecule has 0 aliphatic rings. The Bertz CT molecular complexity index is 356. The van der Waals surface area contributed by atoms with E-state index in [1.165, 1.54) is 11.1 Å². The van der Waals surface area contributed by atoms with Gasteiger partial charge in [0, 0.05) is 12.7 Å². The predicted molar refractivity (Wildman–Crippen MR) is 57.5 cm³/mol. The molecule has 0 atom stereocenters. The lowest BCUT2D eigenvalue weighted by Gasteiger charge is -2.22. The number of nitriles is 1. The van der Waals surface area contributed by atoms with Gasteiger partial charge in [-0.05, 0) is 18.6 Å². The van der Waals surface area contributed by atoms with Crippen molar-refractivity contribution in [2.24, 2.45) is 0 Å². The molecule has 0 saturated carbocycles. The summed E-state index contributed by atoms with van der Waals surface area (Å²) in [6.07, 6.45) is -0.221. The van der Waals surface area contributed by atoms with Gasteiger partial charge in [0.05, 0.1) is 12.1 Å². The molecular formula is C11H13F2N3. The molecule has 0 N–H and O–H groups in total. The van der Waals surface area contributed by atoms with Crippen LogP contribution in [-0.2, 0) is 0 Å².